The number of amidine groups is 1. The van der Waals surface area contributed by atoms with Crippen molar-refractivity contribution in [3.05, 3.63) is 50.7 Å². The van der Waals surface area contributed by atoms with Crippen molar-refractivity contribution in [3.8, 4) is 17.6 Å². The number of thiophene rings is 1. The monoisotopic (exact) mass is 1080 g/mol. The lowest BCUT2D eigenvalue weighted by atomic mass is 9.94. The van der Waals surface area contributed by atoms with Crippen LogP contribution in [0.4, 0.5) is 23.2 Å². The summed E-state index contributed by atoms with van der Waals surface area (Å²) in [7, 11) is 0. The maximum absolute atomic E-state index is 13.6. The van der Waals surface area contributed by atoms with Gasteiger partial charge in [0.1, 0.15) is 5.84 Å². The molecule has 25 heteroatoms. The highest BCUT2D eigenvalue weighted by atomic mass is 32.1. The summed E-state index contributed by atoms with van der Waals surface area (Å²) in [6.07, 6.45) is 2.46. The van der Waals surface area contributed by atoms with Crippen LogP contribution >= 0.6 is 11.3 Å². The van der Waals surface area contributed by atoms with Gasteiger partial charge in [0.15, 0.2) is 17.2 Å². The number of nitrogens with two attached hydrogens (primary N) is 1. The number of esters is 1. The van der Waals surface area contributed by atoms with Gasteiger partial charge in [0.2, 0.25) is 23.3 Å². The number of rotatable bonds is 39. The molecular weight excluding hydrogens is 1010 g/mol. The van der Waals surface area contributed by atoms with Gasteiger partial charge >= 0.3 is 5.97 Å². The molecule has 414 valence electrons. The van der Waals surface area contributed by atoms with Gasteiger partial charge in [-0.05, 0) is 25.5 Å². The lowest BCUT2D eigenvalue weighted by Gasteiger charge is -2.43. The van der Waals surface area contributed by atoms with E-state index in [0.717, 1.165) is 11.3 Å². The molecule has 0 unspecified atom stereocenters. The summed E-state index contributed by atoms with van der Waals surface area (Å²) in [6.45, 7) is 11.1. The molecule has 20 nitrogen and oxygen atoms in total. The van der Waals surface area contributed by atoms with Crippen molar-refractivity contribution < 1.29 is 94.0 Å². The topological polar surface area (TPSA) is 227 Å². The molecule has 0 atom stereocenters. The molecule has 0 spiro atoms. The predicted octanol–water partition coefficient (Wildman–Crippen LogP) is 3.75. The van der Waals surface area contributed by atoms with E-state index in [4.69, 9.17) is 57.9 Å². The van der Waals surface area contributed by atoms with E-state index >= 15 is 0 Å². The second-order valence-electron chi connectivity index (χ2n) is 16.1. The number of ether oxygens (including phenoxy) is 11. The van der Waals surface area contributed by atoms with E-state index in [1.54, 1.807) is 12.1 Å². The fourth-order valence-electron chi connectivity index (χ4n) is 6.51. The van der Waals surface area contributed by atoms with E-state index in [1.807, 2.05) is 13.8 Å². The number of aliphatic imine (C=N–C) groups is 1. The molecule has 2 amide bonds. The van der Waals surface area contributed by atoms with Crippen LogP contribution in [0, 0.1) is 35.1 Å². The molecule has 1 aromatic heterocycles. The van der Waals surface area contributed by atoms with Crippen molar-refractivity contribution in [1.29, 1.82) is 0 Å². The minimum Gasteiger partial charge on any atom is -0.420 e. The van der Waals surface area contributed by atoms with Gasteiger partial charge in [0.25, 0.3) is 5.91 Å². The number of hydroxylamine groups is 2. The van der Waals surface area contributed by atoms with Crippen molar-refractivity contribution in [2.45, 2.75) is 45.1 Å². The van der Waals surface area contributed by atoms with Crippen molar-refractivity contribution >= 4 is 46.7 Å². The number of β-amino-alcohol motifs (C(OH)–C–C–N with tert-alkyl or cyclic N) is 1. The highest BCUT2D eigenvalue weighted by Gasteiger charge is 2.42. The first kappa shape index (κ1) is 61.9. The minimum absolute atomic E-state index is 0.0127. The lowest BCUT2D eigenvalue weighted by molar-refractivity contribution is -0.180. The molecule has 0 radical (unpaired) electrons. The summed E-state index contributed by atoms with van der Waals surface area (Å²) in [6, 6.07) is 1.78. The fourth-order valence-corrected chi connectivity index (χ4v) is 7.43. The maximum Gasteiger partial charge on any atom is 0.313 e. The van der Waals surface area contributed by atoms with Gasteiger partial charge in [-0.1, -0.05) is 18.8 Å². The Hall–Kier alpha value is -4.66. The molecule has 2 aliphatic heterocycles. The Morgan fingerprint density at radius 2 is 1.15 bits per heavy atom. The summed E-state index contributed by atoms with van der Waals surface area (Å²) in [5, 5.41) is 12.2. The van der Waals surface area contributed by atoms with Gasteiger partial charge in [-0.2, -0.15) is 8.78 Å². The zero-order valence-electron chi connectivity index (χ0n) is 41.9. The average Bonchev–Trinajstić information content (AvgIpc) is 3.67. The quantitative estimate of drug-likeness (QED) is 0.0185. The third-order valence-corrected chi connectivity index (χ3v) is 11.1. The van der Waals surface area contributed by atoms with Gasteiger partial charge in [0.05, 0.1) is 180 Å². The summed E-state index contributed by atoms with van der Waals surface area (Å²) in [4.78, 5) is 50.4. The highest BCUT2D eigenvalue weighted by Crippen LogP contribution is 2.35. The Balaban J connectivity index is 0.848. The van der Waals surface area contributed by atoms with Crippen LogP contribution in [0.15, 0.2) is 22.7 Å². The number of fused-ring (bicyclic) bond motifs is 1. The standard InChI is InChI=1S/C49H68F4N4O16S/c1-3-9-57(72-4-2)48(60)36-30-41-40(55-42(54)31-36)32-37(74-41)5-8-49(61)34-56(35-49)43(58)6-10-62-12-14-64-16-18-66-20-22-68-24-26-70-28-29-71-27-25-69-23-21-67-19-17-65-15-13-63-11-7-44(59)73-47-45(52)38(50)33-39(51)46(47)53/h30,32-33,61H,3-4,6-7,9-29,31,34-35H2,1-2H3,(H2,54,55). The predicted molar refractivity (Wildman–Crippen MR) is 260 cm³/mol. The molecule has 74 heavy (non-hydrogen) atoms. The molecule has 3 heterocycles. The number of aliphatic hydroxyl groups is 1. The first-order chi connectivity index (χ1) is 35.8. The number of benzene rings is 1. The number of amides is 2. The minimum atomic E-state index is -1.80. The van der Waals surface area contributed by atoms with Gasteiger partial charge in [0, 0.05) is 24.6 Å². The summed E-state index contributed by atoms with van der Waals surface area (Å²) >= 11 is 1.34. The number of nitrogens with zero attached hydrogens (tertiary/aromatic N) is 3. The molecule has 0 aliphatic carbocycles. The first-order valence-corrected chi connectivity index (χ1v) is 25.1. The van der Waals surface area contributed by atoms with Crippen molar-refractivity contribution in [2.24, 2.45) is 10.7 Å². The molecule has 2 aliphatic rings. The van der Waals surface area contributed by atoms with E-state index in [9.17, 15) is 37.1 Å². The SMILES string of the molecule is CCCN(OCC)C(=O)C1=Cc2sc(C#CC3(O)CN(C(=O)CCOCCOCCOCCOCCOCCOCCOCCOCCOCCOCCC(=O)Oc4c(F)c(F)cc(F)c4F)C3)cc2N=C(N)C1. The smallest absolute Gasteiger partial charge is 0.313 e. The van der Waals surface area contributed by atoms with Crippen LogP contribution in [0.2, 0.25) is 0 Å². The number of carbonyl (C=O) groups is 3. The Kier molecular flexibility index (Phi) is 29.7. The van der Waals surface area contributed by atoms with Gasteiger partial charge in [-0.15, -0.1) is 11.3 Å². The molecule has 2 aromatic rings. The molecule has 4 rings (SSSR count). The Morgan fingerprint density at radius 1 is 0.703 bits per heavy atom. The van der Waals surface area contributed by atoms with Crippen LogP contribution < -0.4 is 10.5 Å². The van der Waals surface area contributed by atoms with Crippen LogP contribution in [-0.4, -0.2) is 203 Å². The molecule has 3 N–H and O–H groups in total. The molecular formula is C49H68F4N4O16S. The summed E-state index contributed by atoms with van der Waals surface area (Å²) < 4.78 is 112. The summed E-state index contributed by atoms with van der Waals surface area (Å²) in [5.41, 5.74) is 5.88. The van der Waals surface area contributed by atoms with Gasteiger partial charge in [-0.3, -0.25) is 19.2 Å². The second-order valence-corrected chi connectivity index (χ2v) is 17.1. The number of hydrogen-bond donors (Lipinski definition) is 2. The van der Waals surface area contributed by atoms with Crippen molar-refractivity contribution in [2.75, 3.05) is 158 Å². The Morgan fingerprint density at radius 3 is 1.59 bits per heavy atom. The number of halogens is 4. The van der Waals surface area contributed by atoms with E-state index in [0.29, 0.717) is 134 Å². The Labute approximate surface area is 432 Å². The molecule has 1 fully saturated rings. The largest absolute Gasteiger partial charge is 0.420 e. The van der Waals surface area contributed by atoms with Crippen molar-refractivity contribution in [3.63, 3.8) is 0 Å². The first-order valence-electron chi connectivity index (χ1n) is 24.3. The maximum atomic E-state index is 13.6. The molecule has 1 aromatic carbocycles. The highest BCUT2D eigenvalue weighted by molar-refractivity contribution is 7.14. The molecule has 1 saturated heterocycles. The van der Waals surface area contributed by atoms with Crippen LogP contribution in [0.3, 0.4) is 0 Å². The van der Waals surface area contributed by atoms with Gasteiger partial charge in [-0.25, -0.2) is 18.8 Å². The number of carbonyl (C=O) groups excluding carboxylic acids is 3. The van der Waals surface area contributed by atoms with E-state index in [2.05, 4.69) is 21.6 Å². The lowest BCUT2D eigenvalue weighted by Crippen LogP contribution is -2.62. The van der Waals surface area contributed by atoms with Gasteiger partial charge < -0.3 is 67.8 Å². The van der Waals surface area contributed by atoms with Crippen LogP contribution in [0.1, 0.15) is 49.3 Å². The van der Waals surface area contributed by atoms with Crippen LogP contribution in [-0.2, 0) is 66.6 Å². The number of likely N-dealkylation sites (tertiary alicyclic amines) is 1. The average molecular weight is 1080 g/mol. The van der Waals surface area contributed by atoms with E-state index < -0.39 is 47.0 Å². The third kappa shape index (κ3) is 23.5. The Bertz CT molecular complexity index is 2120. The third-order valence-electron chi connectivity index (χ3n) is 10.1. The fraction of sp³-hybridized carbons (Fsp3) is 0.633. The summed E-state index contributed by atoms with van der Waals surface area (Å²) in [5.74, 6) is -3.75. The normalized spacial score (nSPS) is 13.9. The van der Waals surface area contributed by atoms with Crippen molar-refractivity contribution in [1.82, 2.24) is 9.96 Å². The second kappa shape index (κ2) is 35.6. The van der Waals surface area contributed by atoms with Crippen LogP contribution in [0.5, 0.6) is 5.75 Å². The van der Waals surface area contributed by atoms with E-state index in [-0.39, 0.29) is 76.8 Å². The molecule has 0 saturated carbocycles. The zero-order valence-corrected chi connectivity index (χ0v) is 42.8. The zero-order chi connectivity index (χ0) is 53.4. The van der Waals surface area contributed by atoms with Crippen LogP contribution in [0.25, 0.3) is 6.08 Å². The molecule has 0 bridgehead atoms. The van der Waals surface area contributed by atoms with E-state index in [1.165, 1.54) is 21.3 Å². The number of hydrogen-bond acceptors (Lipinski definition) is 19.